The van der Waals surface area contributed by atoms with Crippen LogP contribution in [0.2, 0.25) is 0 Å². The molecule has 1 saturated heterocycles. The molecule has 2 amide bonds. The molecule has 0 aromatic heterocycles. The minimum atomic E-state index is 0.337. The fourth-order valence-electron chi connectivity index (χ4n) is 2.74. The highest BCUT2D eigenvalue weighted by molar-refractivity contribution is 5.74. The second-order valence-electron chi connectivity index (χ2n) is 6.12. The third-order valence-corrected chi connectivity index (χ3v) is 4.25. The predicted molar refractivity (Wildman–Crippen MR) is 67.8 cm³/mol. The predicted octanol–water partition coefficient (Wildman–Crippen LogP) is 2.71. The van der Waals surface area contributed by atoms with Gasteiger partial charge in [-0.3, -0.25) is 0 Å². The largest absolute Gasteiger partial charge is 0.325 e. The molecule has 0 aromatic carbocycles. The van der Waals surface area contributed by atoms with Crippen molar-refractivity contribution in [3.05, 3.63) is 0 Å². The third kappa shape index (κ3) is 3.14. The van der Waals surface area contributed by atoms with Gasteiger partial charge in [-0.25, -0.2) is 4.79 Å². The van der Waals surface area contributed by atoms with E-state index in [0.717, 1.165) is 38.0 Å². The van der Waals surface area contributed by atoms with Gasteiger partial charge in [-0.2, -0.15) is 0 Å². The van der Waals surface area contributed by atoms with Crippen LogP contribution in [0.1, 0.15) is 44.9 Å². The van der Waals surface area contributed by atoms with E-state index in [-0.39, 0.29) is 0 Å². The summed E-state index contributed by atoms with van der Waals surface area (Å²) < 4.78 is 0. The molecule has 0 N–H and O–H groups in total. The highest BCUT2D eigenvalue weighted by Gasteiger charge is 2.33. The molecule has 17 heavy (non-hydrogen) atoms. The molecule has 2 saturated carbocycles. The number of carbonyl (C=O) groups excluding carboxylic acids is 1. The Kier molecular flexibility index (Phi) is 3.26. The van der Waals surface area contributed by atoms with Gasteiger partial charge in [0.2, 0.25) is 0 Å². The molecule has 0 atom stereocenters. The van der Waals surface area contributed by atoms with Crippen LogP contribution in [0.4, 0.5) is 4.79 Å². The van der Waals surface area contributed by atoms with Crippen molar-refractivity contribution in [1.29, 1.82) is 0 Å². The van der Waals surface area contributed by atoms with E-state index in [1.807, 2.05) is 0 Å². The van der Waals surface area contributed by atoms with Crippen LogP contribution in [-0.4, -0.2) is 42.0 Å². The Morgan fingerprint density at radius 3 is 1.94 bits per heavy atom. The van der Waals surface area contributed by atoms with Gasteiger partial charge in [0, 0.05) is 26.2 Å². The lowest BCUT2D eigenvalue weighted by molar-refractivity contribution is 0.139. The summed E-state index contributed by atoms with van der Waals surface area (Å²) >= 11 is 0. The monoisotopic (exact) mass is 236 g/mol. The molecule has 0 radical (unpaired) electrons. The number of hydrogen-bond acceptors (Lipinski definition) is 1. The van der Waals surface area contributed by atoms with E-state index >= 15 is 0 Å². The first-order valence-electron chi connectivity index (χ1n) is 7.37. The molecule has 0 unspecified atom stereocenters. The first-order valence-corrected chi connectivity index (χ1v) is 7.37. The van der Waals surface area contributed by atoms with Crippen molar-refractivity contribution in [2.24, 2.45) is 11.8 Å². The maximum absolute atomic E-state index is 12.5. The topological polar surface area (TPSA) is 23.6 Å². The molecule has 0 spiro atoms. The second-order valence-corrected chi connectivity index (χ2v) is 6.12. The van der Waals surface area contributed by atoms with Gasteiger partial charge in [-0.15, -0.1) is 0 Å². The van der Waals surface area contributed by atoms with Crippen LogP contribution in [0.5, 0.6) is 0 Å². The van der Waals surface area contributed by atoms with Crippen LogP contribution in [0.3, 0.4) is 0 Å². The van der Waals surface area contributed by atoms with Gasteiger partial charge in [0.25, 0.3) is 0 Å². The molecule has 96 valence electrons. The van der Waals surface area contributed by atoms with E-state index in [0.29, 0.717) is 6.03 Å². The first kappa shape index (κ1) is 11.4. The second kappa shape index (κ2) is 4.87. The summed E-state index contributed by atoms with van der Waals surface area (Å²) in [6.07, 6.45) is 9.07. The molecule has 0 aromatic rings. The minimum Gasteiger partial charge on any atom is -0.325 e. The Hall–Kier alpha value is -0.730. The molecule has 3 aliphatic rings. The van der Waals surface area contributed by atoms with Crippen LogP contribution in [0.15, 0.2) is 0 Å². The molecule has 3 rings (SSSR count). The van der Waals surface area contributed by atoms with Crippen molar-refractivity contribution >= 4 is 6.03 Å². The van der Waals surface area contributed by atoms with Crippen molar-refractivity contribution in [2.45, 2.75) is 44.9 Å². The zero-order valence-electron chi connectivity index (χ0n) is 10.7. The Morgan fingerprint density at radius 1 is 0.941 bits per heavy atom. The average Bonchev–Trinajstić information content (AvgIpc) is 3.23. The zero-order chi connectivity index (χ0) is 11.7. The van der Waals surface area contributed by atoms with E-state index in [4.69, 9.17) is 0 Å². The van der Waals surface area contributed by atoms with E-state index in [2.05, 4.69) is 9.80 Å². The number of nitrogens with zero attached hydrogens (tertiary/aromatic N) is 2. The molecule has 3 fully saturated rings. The van der Waals surface area contributed by atoms with Gasteiger partial charge in [0.15, 0.2) is 0 Å². The van der Waals surface area contributed by atoms with Crippen LogP contribution >= 0.6 is 0 Å². The Bertz CT molecular complexity index is 264. The number of hydrogen-bond donors (Lipinski definition) is 0. The lowest BCUT2D eigenvalue weighted by Crippen LogP contribution is -2.46. The van der Waals surface area contributed by atoms with Crippen molar-refractivity contribution in [2.75, 3.05) is 26.2 Å². The standard InChI is InChI=1S/C14H24N2O/c17-14(15-8-2-1-3-9-15)16(10-12-4-5-12)11-13-6-7-13/h12-13H,1-11H2. The van der Waals surface area contributed by atoms with Crippen molar-refractivity contribution in [3.8, 4) is 0 Å². The molecule has 3 heteroatoms. The van der Waals surface area contributed by atoms with E-state index in [9.17, 15) is 4.79 Å². The summed E-state index contributed by atoms with van der Waals surface area (Å²) in [5.41, 5.74) is 0. The summed E-state index contributed by atoms with van der Waals surface area (Å²) in [4.78, 5) is 16.7. The molecule has 0 bridgehead atoms. The van der Waals surface area contributed by atoms with E-state index < -0.39 is 0 Å². The van der Waals surface area contributed by atoms with Crippen LogP contribution in [0, 0.1) is 11.8 Å². The van der Waals surface area contributed by atoms with Crippen molar-refractivity contribution < 1.29 is 4.79 Å². The van der Waals surface area contributed by atoms with Gasteiger partial charge in [0.05, 0.1) is 0 Å². The third-order valence-electron chi connectivity index (χ3n) is 4.25. The normalized spacial score (nSPS) is 24.8. The number of carbonyl (C=O) groups is 1. The van der Waals surface area contributed by atoms with Crippen LogP contribution in [0.25, 0.3) is 0 Å². The van der Waals surface area contributed by atoms with Crippen molar-refractivity contribution in [1.82, 2.24) is 9.80 Å². The number of amides is 2. The molecule has 1 aliphatic heterocycles. The quantitative estimate of drug-likeness (QED) is 0.736. The molecular formula is C14H24N2O. The summed E-state index contributed by atoms with van der Waals surface area (Å²) in [6, 6.07) is 0.337. The highest BCUT2D eigenvalue weighted by atomic mass is 16.2. The Balaban J connectivity index is 1.56. The lowest BCUT2D eigenvalue weighted by Gasteiger charge is -2.33. The van der Waals surface area contributed by atoms with Gasteiger partial charge in [-0.05, 0) is 56.8 Å². The summed E-state index contributed by atoms with van der Waals surface area (Å²) in [5, 5.41) is 0. The maximum Gasteiger partial charge on any atom is 0.320 e. The van der Waals surface area contributed by atoms with Gasteiger partial charge < -0.3 is 9.80 Å². The molecule has 3 nitrogen and oxygen atoms in total. The van der Waals surface area contributed by atoms with Crippen molar-refractivity contribution in [3.63, 3.8) is 0 Å². The summed E-state index contributed by atoms with van der Waals surface area (Å²) in [6.45, 7) is 4.05. The zero-order valence-corrected chi connectivity index (χ0v) is 10.7. The Morgan fingerprint density at radius 2 is 1.47 bits per heavy atom. The fraction of sp³-hybridized carbons (Fsp3) is 0.929. The van der Waals surface area contributed by atoms with E-state index in [1.54, 1.807) is 0 Å². The number of piperidine rings is 1. The molecule has 2 aliphatic carbocycles. The van der Waals surface area contributed by atoms with Gasteiger partial charge >= 0.3 is 6.03 Å². The summed E-state index contributed by atoms with van der Waals surface area (Å²) in [7, 11) is 0. The maximum atomic E-state index is 12.5. The van der Waals surface area contributed by atoms with E-state index in [1.165, 1.54) is 44.9 Å². The van der Waals surface area contributed by atoms with Crippen LogP contribution in [-0.2, 0) is 0 Å². The smallest absolute Gasteiger partial charge is 0.320 e. The molecular weight excluding hydrogens is 212 g/mol. The minimum absolute atomic E-state index is 0.337. The SMILES string of the molecule is O=C(N1CCCCC1)N(CC1CC1)CC1CC1. The molecule has 1 heterocycles. The highest BCUT2D eigenvalue weighted by Crippen LogP contribution is 2.34. The lowest BCUT2D eigenvalue weighted by atomic mass is 10.1. The van der Waals surface area contributed by atoms with Gasteiger partial charge in [0.1, 0.15) is 0 Å². The average molecular weight is 236 g/mol. The first-order chi connectivity index (χ1) is 8.33. The fourth-order valence-corrected chi connectivity index (χ4v) is 2.74. The number of urea groups is 1. The summed E-state index contributed by atoms with van der Waals surface area (Å²) in [5.74, 6) is 1.64. The van der Waals surface area contributed by atoms with Gasteiger partial charge in [-0.1, -0.05) is 0 Å². The number of rotatable bonds is 4. The Labute approximate surface area is 104 Å². The number of likely N-dealkylation sites (tertiary alicyclic amines) is 1. The van der Waals surface area contributed by atoms with Crippen LogP contribution < -0.4 is 0 Å².